The highest BCUT2D eigenvalue weighted by molar-refractivity contribution is 6.34. The van der Waals surface area contributed by atoms with E-state index in [-0.39, 0.29) is 5.91 Å². The van der Waals surface area contributed by atoms with Crippen LogP contribution in [0.15, 0.2) is 67.0 Å². The van der Waals surface area contributed by atoms with Gasteiger partial charge in [0.1, 0.15) is 0 Å². The smallest absolute Gasteiger partial charge is 0.257 e. The summed E-state index contributed by atoms with van der Waals surface area (Å²) in [6, 6.07) is 16.1. The zero-order valence-corrected chi connectivity index (χ0v) is 14.0. The first kappa shape index (κ1) is 16.3. The van der Waals surface area contributed by atoms with Crippen molar-refractivity contribution in [2.24, 2.45) is 0 Å². The van der Waals surface area contributed by atoms with Crippen LogP contribution in [0.25, 0.3) is 0 Å². The molecule has 0 bridgehead atoms. The van der Waals surface area contributed by atoms with Crippen molar-refractivity contribution < 1.29 is 4.79 Å². The molecular formula is C18H13Cl2N3O. The first-order valence-electron chi connectivity index (χ1n) is 7.15. The maximum Gasteiger partial charge on any atom is 0.257 e. The van der Waals surface area contributed by atoms with Crippen molar-refractivity contribution in [2.45, 2.75) is 0 Å². The lowest BCUT2D eigenvalue weighted by Gasteiger charge is -2.09. The highest BCUT2D eigenvalue weighted by Crippen LogP contribution is 2.23. The number of hydrogen-bond donors (Lipinski definition) is 2. The SMILES string of the molecule is O=C(Nc1ccccc1Cl)c1cncc(Nc2cccc(Cl)c2)c1. The Morgan fingerprint density at radius 1 is 0.917 bits per heavy atom. The number of carbonyl (C=O) groups excluding carboxylic acids is 1. The van der Waals surface area contributed by atoms with Crippen molar-refractivity contribution in [2.75, 3.05) is 10.6 Å². The summed E-state index contributed by atoms with van der Waals surface area (Å²) in [5.74, 6) is -0.287. The molecule has 0 aliphatic carbocycles. The lowest BCUT2D eigenvalue weighted by atomic mass is 10.2. The molecule has 0 unspecified atom stereocenters. The van der Waals surface area contributed by atoms with Crippen LogP contribution >= 0.6 is 23.2 Å². The molecule has 0 saturated carbocycles. The van der Waals surface area contributed by atoms with Crippen LogP contribution in [0, 0.1) is 0 Å². The van der Waals surface area contributed by atoms with Gasteiger partial charge < -0.3 is 10.6 Å². The molecule has 3 rings (SSSR count). The fourth-order valence-electron chi connectivity index (χ4n) is 2.12. The molecule has 3 aromatic rings. The molecule has 0 radical (unpaired) electrons. The van der Waals surface area contributed by atoms with Crippen molar-refractivity contribution in [1.82, 2.24) is 4.98 Å². The average molecular weight is 358 g/mol. The van der Waals surface area contributed by atoms with Gasteiger partial charge in [0, 0.05) is 16.9 Å². The fraction of sp³-hybridized carbons (Fsp3) is 0. The molecule has 1 heterocycles. The minimum atomic E-state index is -0.287. The predicted octanol–water partition coefficient (Wildman–Crippen LogP) is 5.38. The summed E-state index contributed by atoms with van der Waals surface area (Å²) in [6.45, 7) is 0. The van der Waals surface area contributed by atoms with Crippen LogP contribution in [0.3, 0.4) is 0 Å². The number of para-hydroxylation sites is 1. The third-order valence-corrected chi connectivity index (χ3v) is 3.80. The van der Waals surface area contributed by atoms with Gasteiger partial charge in [-0.05, 0) is 36.4 Å². The summed E-state index contributed by atoms with van der Waals surface area (Å²) in [6.07, 6.45) is 3.13. The molecule has 0 fully saturated rings. The minimum Gasteiger partial charge on any atom is -0.354 e. The zero-order chi connectivity index (χ0) is 16.9. The molecule has 0 spiro atoms. The molecular weight excluding hydrogens is 345 g/mol. The number of nitrogens with zero attached hydrogens (tertiary/aromatic N) is 1. The van der Waals surface area contributed by atoms with E-state index >= 15 is 0 Å². The Morgan fingerprint density at radius 3 is 2.54 bits per heavy atom. The van der Waals surface area contributed by atoms with Gasteiger partial charge in [0.15, 0.2) is 0 Å². The summed E-state index contributed by atoms with van der Waals surface area (Å²) in [5.41, 5.74) is 2.47. The van der Waals surface area contributed by atoms with Gasteiger partial charge in [-0.25, -0.2) is 0 Å². The van der Waals surface area contributed by atoms with Gasteiger partial charge in [-0.2, -0.15) is 0 Å². The van der Waals surface area contributed by atoms with Crippen LogP contribution in [0.2, 0.25) is 10.0 Å². The standard InChI is InChI=1S/C18H13Cl2N3O/c19-13-4-3-5-14(9-13)22-15-8-12(10-21-11-15)18(24)23-17-7-2-1-6-16(17)20/h1-11,22H,(H,23,24). The highest BCUT2D eigenvalue weighted by atomic mass is 35.5. The minimum absolute atomic E-state index is 0.287. The van der Waals surface area contributed by atoms with Crippen molar-refractivity contribution in [1.29, 1.82) is 0 Å². The molecule has 2 aromatic carbocycles. The summed E-state index contributed by atoms with van der Waals surface area (Å²) < 4.78 is 0. The number of rotatable bonds is 4. The Bertz CT molecular complexity index is 883. The molecule has 0 saturated heterocycles. The van der Waals surface area contributed by atoms with Crippen molar-refractivity contribution >= 4 is 46.2 Å². The van der Waals surface area contributed by atoms with Crippen LogP contribution in [0.5, 0.6) is 0 Å². The summed E-state index contributed by atoms with van der Waals surface area (Å²) in [4.78, 5) is 16.5. The Kier molecular flexibility index (Phi) is 4.99. The maximum absolute atomic E-state index is 12.4. The van der Waals surface area contributed by atoms with Gasteiger partial charge in [-0.3, -0.25) is 9.78 Å². The van der Waals surface area contributed by atoms with Gasteiger partial charge in [0.05, 0.1) is 28.2 Å². The van der Waals surface area contributed by atoms with Crippen molar-refractivity contribution in [3.63, 3.8) is 0 Å². The molecule has 4 nitrogen and oxygen atoms in total. The second-order valence-corrected chi connectivity index (χ2v) is 5.88. The number of anilines is 3. The van der Waals surface area contributed by atoms with E-state index in [2.05, 4.69) is 15.6 Å². The van der Waals surface area contributed by atoms with Gasteiger partial charge in [0.2, 0.25) is 0 Å². The number of aromatic nitrogens is 1. The van der Waals surface area contributed by atoms with Gasteiger partial charge >= 0.3 is 0 Å². The predicted molar refractivity (Wildman–Crippen MR) is 98.4 cm³/mol. The summed E-state index contributed by atoms with van der Waals surface area (Å²) in [5, 5.41) is 7.03. The summed E-state index contributed by atoms with van der Waals surface area (Å²) >= 11 is 12.0. The average Bonchev–Trinajstić information content (AvgIpc) is 2.57. The fourth-order valence-corrected chi connectivity index (χ4v) is 2.50. The molecule has 0 aliphatic rings. The number of benzene rings is 2. The van der Waals surface area contributed by atoms with Crippen LogP contribution in [-0.4, -0.2) is 10.9 Å². The quantitative estimate of drug-likeness (QED) is 0.658. The first-order valence-corrected chi connectivity index (χ1v) is 7.91. The molecule has 2 N–H and O–H groups in total. The molecule has 6 heteroatoms. The van der Waals surface area contributed by atoms with Crippen LogP contribution in [0.1, 0.15) is 10.4 Å². The first-order chi connectivity index (χ1) is 11.6. The number of amides is 1. The number of carbonyl (C=O) groups is 1. The van der Waals surface area contributed by atoms with E-state index in [1.165, 1.54) is 6.20 Å². The molecule has 0 aliphatic heterocycles. The Hall–Kier alpha value is -2.56. The Balaban J connectivity index is 1.77. The number of halogens is 2. The monoisotopic (exact) mass is 357 g/mol. The van der Waals surface area contributed by atoms with E-state index in [1.807, 2.05) is 12.1 Å². The summed E-state index contributed by atoms with van der Waals surface area (Å²) in [7, 11) is 0. The van der Waals surface area contributed by atoms with Crippen molar-refractivity contribution in [3.8, 4) is 0 Å². The van der Waals surface area contributed by atoms with Gasteiger partial charge in [0.25, 0.3) is 5.91 Å². The zero-order valence-electron chi connectivity index (χ0n) is 12.5. The molecule has 1 amide bonds. The van der Waals surface area contributed by atoms with Gasteiger partial charge in [-0.1, -0.05) is 41.4 Å². The van der Waals surface area contributed by atoms with E-state index in [9.17, 15) is 4.79 Å². The van der Waals surface area contributed by atoms with E-state index in [0.717, 1.165) is 5.69 Å². The van der Waals surface area contributed by atoms with Crippen molar-refractivity contribution in [3.05, 3.63) is 82.6 Å². The lowest BCUT2D eigenvalue weighted by molar-refractivity contribution is 0.102. The second-order valence-electron chi connectivity index (χ2n) is 5.03. The number of hydrogen-bond acceptors (Lipinski definition) is 3. The maximum atomic E-state index is 12.4. The normalized spacial score (nSPS) is 10.2. The van der Waals surface area contributed by atoms with E-state index < -0.39 is 0 Å². The van der Waals surface area contributed by atoms with Crippen LogP contribution < -0.4 is 10.6 Å². The van der Waals surface area contributed by atoms with Gasteiger partial charge in [-0.15, -0.1) is 0 Å². The third kappa shape index (κ3) is 4.04. The number of pyridine rings is 1. The lowest BCUT2D eigenvalue weighted by Crippen LogP contribution is -2.12. The van der Waals surface area contributed by atoms with Crippen LogP contribution in [-0.2, 0) is 0 Å². The van der Waals surface area contributed by atoms with E-state index in [0.29, 0.717) is 27.0 Å². The Labute approximate surface area is 149 Å². The molecule has 1 aromatic heterocycles. The molecule has 0 atom stereocenters. The Morgan fingerprint density at radius 2 is 1.75 bits per heavy atom. The third-order valence-electron chi connectivity index (χ3n) is 3.24. The largest absolute Gasteiger partial charge is 0.354 e. The van der Waals surface area contributed by atoms with E-state index in [1.54, 1.807) is 48.7 Å². The highest BCUT2D eigenvalue weighted by Gasteiger charge is 2.09. The molecule has 24 heavy (non-hydrogen) atoms. The molecule has 120 valence electrons. The van der Waals surface area contributed by atoms with E-state index in [4.69, 9.17) is 23.2 Å². The second kappa shape index (κ2) is 7.34. The van der Waals surface area contributed by atoms with Crippen LogP contribution in [0.4, 0.5) is 17.1 Å². The topological polar surface area (TPSA) is 54.0 Å². The number of nitrogens with one attached hydrogen (secondary N) is 2.